The number of pyridine rings is 1. The summed E-state index contributed by atoms with van der Waals surface area (Å²) >= 11 is 0. The van der Waals surface area contributed by atoms with Gasteiger partial charge < -0.3 is 5.32 Å². The van der Waals surface area contributed by atoms with Crippen molar-refractivity contribution in [2.24, 2.45) is 5.41 Å². The van der Waals surface area contributed by atoms with Gasteiger partial charge in [0.15, 0.2) is 0 Å². The van der Waals surface area contributed by atoms with Crippen LogP contribution in [0.2, 0.25) is 0 Å². The summed E-state index contributed by atoms with van der Waals surface area (Å²) in [6.45, 7) is 15.6. The molecule has 32 heavy (non-hydrogen) atoms. The Balaban J connectivity index is 1.50. The van der Waals surface area contributed by atoms with Crippen LogP contribution in [-0.2, 0) is 6.42 Å². The maximum absolute atomic E-state index is 4.75. The zero-order chi connectivity index (χ0) is 22.3. The number of piperidine rings is 1. The van der Waals surface area contributed by atoms with Crippen LogP contribution in [0, 0.1) is 12.3 Å². The van der Waals surface area contributed by atoms with Crippen LogP contribution in [0.15, 0.2) is 61.3 Å². The highest BCUT2D eigenvalue weighted by molar-refractivity contribution is 5.84. The quantitative estimate of drug-likeness (QED) is 0.582. The van der Waals surface area contributed by atoms with Crippen molar-refractivity contribution < 1.29 is 0 Å². The van der Waals surface area contributed by atoms with Gasteiger partial charge in [0.05, 0.1) is 0 Å². The van der Waals surface area contributed by atoms with Gasteiger partial charge in [-0.2, -0.15) is 0 Å². The molecule has 0 bridgehead atoms. The highest BCUT2D eigenvalue weighted by Crippen LogP contribution is 2.47. The summed E-state index contributed by atoms with van der Waals surface area (Å²) in [6.07, 6.45) is 13.6. The highest BCUT2D eigenvalue weighted by atomic mass is 14.9. The van der Waals surface area contributed by atoms with Crippen LogP contribution in [-0.4, -0.2) is 18.1 Å². The van der Waals surface area contributed by atoms with Crippen LogP contribution >= 0.6 is 0 Å². The summed E-state index contributed by atoms with van der Waals surface area (Å²) in [7, 11) is 0. The first-order valence-electron chi connectivity index (χ1n) is 12.0. The van der Waals surface area contributed by atoms with Crippen LogP contribution in [0.5, 0.6) is 0 Å². The van der Waals surface area contributed by atoms with E-state index >= 15 is 0 Å². The predicted molar refractivity (Wildman–Crippen MR) is 136 cm³/mol. The summed E-state index contributed by atoms with van der Waals surface area (Å²) < 4.78 is 0. The van der Waals surface area contributed by atoms with E-state index in [1.807, 2.05) is 6.20 Å². The van der Waals surface area contributed by atoms with Gasteiger partial charge in [-0.15, -0.1) is 0 Å². The molecule has 1 aromatic carbocycles. The molecule has 2 nitrogen and oxygen atoms in total. The van der Waals surface area contributed by atoms with Crippen LogP contribution in [0.1, 0.15) is 72.5 Å². The Morgan fingerprint density at radius 2 is 1.91 bits per heavy atom. The van der Waals surface area contributed by atoms with Gasteiger partial charge in [0, 0.05) is 23.0 Å². The second-order valence-corrected chi connectivity index (χ2v) is 10.0. The third kappa shape index (κ3) is 3.82. The van der Waals surface area contributed by atoms with Crippen molar-refractivity contribution in [3.05, 3.63) is 94.9 Å². The number of nitrogens with one attached hydrogen (secondary N) is 1. The van der Waals surface area contributed by atoms with Crippen LogP contribution in [0.4, 0.5) is 0 Å². The number of fused-ring (bicyclic) bond motifs is 1. The molecule has 0 amide bonds. The van der Waals surface area contributed by atoms with E-state index in [4.69, 9.17) is 4.98 Å². The van der Waals surface area contributed by atoms with Crippen molar-refractivity contribution >= 4 is 16.7 Å². The molecule has 1 spiro atoms. The van der Waals surface area contributed by atoms with Gasteiger partial charge in [0.1, 0.15) is 0 Å². The van der Waals surface area contributed by atoms with Crippen molar-refractivity contribution in [1.29, 1.82) is 0 Å². The molecule has 5 rings (SSSR count). The number of aromatic nitrogens is 1. The monoisotopic (exact) mass is 422 g/mol. The van der Waals surface area contributed by atoms with Crippen molar-refractivity contribution in [2.45, 2.75) is 52.4 Å². The first-order valence-corrected chi connectivity index (χ1v) is 12.0. The van der Waals surface area contributed by atoms with Gasteiger partial charge in [-0.05, 0) is 110 Å². The molecular weight excluding hydrogens is 388 g/mol. The van der Waals surface area contributed by atoms with E-state index in [1.165, 1.54) is 51.8 Å². The minimum absolute atomic E-state index is 0.379. The minimum Gasteiger partial charge on any atom is -0.317 e. The van der Waals surface area contributed by atoms with E-state index in [0.717, 1.165) is 55.6 Å². The summed E-state index contributed by atoms with van der Waals surface area (Å²) in [5.41, 5.74) is 12.9. The first-order chi connectivity index (χ1) is 15.5. The highest BCUT2D eigenvalue weighted by Gasteiger charge is 2.37. The van der Waals surface area contributed by atoms with Gasteiger partial charge in [-0.3, -0.25) is 4.98 Å². The van der Waals surface area contributed by atoms with E-state index in [9.17, 15) is 0 Å². The van der Waals surface area contributed by atoms with E-state index in [2.05, 4.69) is 68.7 Å². The molecule has 1 aliphatic heterocycles. The molecule has 0 radical (unpaired) electrons. The van der Waals surface area contributed by atoms with Gasteiger partial charge in [-0.1, -0.05) is 49.1 Å². The largest absolute Gasteiger partial charge is 0.317 e. The second-order valence-electron chi connectivity index (χ2n) is 10.0. The third-order valence-electron chi connectivity index (χ3n) is 7.81. The van der Waals surface area contributed by atoms with Crippen molar-refractivity contribution in [2.75, 3.05) is 13.1 Å². The standard InChI is InChI=1S/C30H34N2/c1-20-7-5-6-8-27(20)26-16-29(23(4)32-19-26)22(3)24-9-10-28-21(2)17-30(18-25(28)15-24)11-13-31-14-12-30/h6,8-10,15-16,19,31H,2-3,5,7,11-14,17-18H2,1,4H3. The maximum Gasteiger partial charge on any atom is 0.0451 e. The summed E-state index contributed by atoms with van der Waals surface area (Å²) in [6, 6.07) is 9.16. The Labute approximate surface area is 192 Å². The average Bonchev–Trinajstić information content (AvgIpc) is 2.79. The normalized spacial score (nSPS) is 19.9. The van der Waals surface area contributed by atoms with Crippen molar-refractivity contribution in [3.8, 4) is 0 Å². The molecule has 0 unspecified atom stereocenters. The smallest absolute Gasteiger partial charge is 0.0451 e. The van der Waals surface area contributed by atoms with Crippen molar-refractivity contribution in [1.82, 2.24) is 10.3 Å². The fourth-order valence-electron chi connectivity index (χ4n) is 5.86. The minimum atomic E-state index is 0.379. The lowest BCUT2D eigenvalue weighted by molar-refractivity contribution is 0.201. The Morgan fingerprint density at radius 3 is 2.69 bits per heavy atom. The lowest BCUT2D eigenvalue weighted by Gasteiger charge is -2.42. The van der Waals surface area contributed by atoms with Gasteiger partial charge >= 0.3 is 0 Å². The molecule has 1 saturated heterocycles. The topological polar surface area (TPSA) is 24.9 Å². The van der Waals surface area contributed by atoms with Crippen LogP contribution < -0.4 is 5.32 Å². The molecule has 2 aliphatic carbocycles. The Morgan fingerprint density at radius 1 is 1.09 bits per heavy atom. The summed E-state index contributed by atoms with van der Waals surface area (Å²) in [4.78, 5) is 4.75. The number of rotatable bonds is 3. The number of allylic oxidation sites excluding steroid dienone is 5. The van der Waals surface area contributed by atoms with Crippen molar-refractivity contribution in [3.63, 3.8) is 0 Å². The van der Waals surface area contributed by atoms with Gasteiger partial charge in [0.25, 0.3) is 0 Å². The summed E-state index contributed by atoms with van der Waals surface area (Å²) in [5.74, 6) is 0. The molecule has 1 fully saturated rings. The molecule has 2 heterocycles. The molecule has 0 atom stereocenters. The number of benzene rings is 1. The molecule has 1 aromatic heterocycles. The molecular formula is C30H34N2. The Hall–Kier alpha value is -2.71. The molecule has 164 valence electrons. The van der Waals surface area contributed by atoms with E-state index < -0.39 is 0 Å². The maximum atomic E-state index is 4.75. The fourth-order valence-corrected chi connectivity index (χ4v) is 5.86. The lowest BCUT2D eigenvalue weighted by Crippen LogP contribution is -2.40. The average molecular weight is 423 g/mol. The third-order valence-corrected chi connectivity index (χ3v) is 7.81. The molecule has 2 aromatic rings. The lowest BCUT2D eigenvalue weighted by atomic mass is 9.65. The SMILES string of the molecule is C=C1CC2(CCNCC2)Cc2cc(C(=C)c3cc(C4=C(C)CCC=C4)cnc3C)ccc21. The fraction of sp³-hybridized carbons (Fsp3) is 0.367. The Kier molecular flexibility index (Phi) is 5.51. The number of nitrogens with zero attached hydrogens (tertiary/aromatic N) is 1. The first kappa shape index (κ1) is 21.2. The van der Waals surface area contributed by atoms with Crippen LogP contribution in [0.3, 0.4) is 0 Å². The zero-order valence-corrected chi connectivity index (χ0v) is 19.6. The molecule has 0 saturated carbocycles. The molecule has 2 heteroatoms. The number of hydrogen-bond acceptors (Lipinski definition) is 2. The summed E-state index contributed by atoms with van der Waals surface area (Å²) in [5, 5.41) is 3.53. The predicted octanol–water partition coefficient (Wildman–Crippen LogP) is 6.90. The molecule has 3 aliphatic rings. The van der Waals surface area contributed by atoms with Crippen LogP contribution in [0.25, 0.3) is 16.7 Å². The molecule has 1 N–H and O–H groups in total. The van der Waals surface area contributed by atoms with E-state index in [-0.39, 0.29) is 0 Å². The number of hydrogen-bond donors (Lipinski definition) is 1. The zero-order valence-electron chi connectivity index (χ0n) is 19.6. The van der Waals surface area contributed by atoms with E-state index in [1.54, 1.807) is 0 Å². The van der Waals surface area contributed by atoms with Gasteiger partial charge in [-0.25, -0.2) is 0 Å². The second kappa shape index (κ2) is 8.33. The Bertz CT molecular complexity index is 1160. The van der Waals surface area contributed by atoms with E-state index in [0.29, 0.717) is 5.41 Å². The van der Waals surface area contributed by atoms with Gasteiger partial charge in [0.2, 0.25) is 0 Å². The number of aryl methyl sites for hydroxylation is 1.